The van der Waals surface area contributed by atoms with Gasteiger partial charge in [0.1, 0.15) is 0 Å². The van der Waals surface area contributed by atoms with Crippen molar-refractivity contribution in [1.29, 1.82) is 0 Å². The minimum atomic E-state index is -3.41. The molecule has 0 fully saturated rings. The van der Waals surface area contributed by atoms with Gasteiger partial charge < -0.3 is 5.32 Å². The first-order chi connectivity index (χ1) is 9.95. The van der Waals surface area contributed by atoms with Crippen molar-refractivity contribution in [1.82, 2.24) is 14.3 Å². The molecule has 1 rings (SSSR count). The van der Waals surface area contributed by atoms with Crippen LogP contribution in [-0.2, 0) is 16.8 Å². The SMILES string of the molecule is CCCNCCCN(C)S(=O)(=O)NCc1ccc(C)cc1. The zero-order chi connectivity index (χ0) is 15.7. The van der Waals surface area contributed by atoms with E-state index >= 15 is 0 Å². The van der Waals surface area contributed by atoms with E-state index in [1.54, 1.807) is 7.05 Å². The predicted octanol–water partition coefficient (Wildman–Crippen LogP) is 1.65. The van der Waals surface area contributed by atoms with Gasteiger partial charge in [-0.25, -0.2) is 0 Å². The van der Waals surface area contributed by atoms with Crippen LogP contribution in [0.15, 0.2) is 24.3 Å². The maximum Gasteiger partial charge on any atom is 0.279 e. The molecule has 6 heteroatoms. The van der Waals surface area contributed by atoms with E-state index in [0.29, 0.717) is 13.1 Å². The third kappa shape index (κ3) is 7.04. The summed E-state index contributed by atoms with van der Waals surface area (Å²) in [6.45, 7) is 6.77. The van der Waals surface area contributed by atoms with Crippen molar-refractivity contribution in [2.24, 2.45) is 0 Å². The molecule has 0 saturated heterocycles. The van der Waals surface area contributed by atoms with Crippen molar-refractivity contribution >= 4 is 10.2 Å². The minimum Gasteiger partial charge on any atom is -0.317 e. The van der Waals surface area contributed by atoms with Gasteiger partial charge in [0.25, 0.3) is 10.2 Å². The maximum absolute atomic E-state index is 12.1. The van der Waals surface area contributed by atoms with Gasteiger partial charge in [-0.1, -0.05) is 36.8 Å². The summed E-state index contributed by atoms with van der Waals surface area (Å²) in [6.07, 6.45) is 1.90. The monoisotopic (exact) mass is 313 g/mol. The molecule has 0 aliphatic rings. The minimum absolute atomic E-state index is 0.320. The summed E-state index contributed by atoms with van der Waals surface area (Å²) in [5, 5.41) is 3.26. The van der Waals surface area contributed by atoms with Gasteiger partial charge in [0.2, 0.25) is 0 Å². The second-order valence-corrected chi connectivity index (χ2v) is 7.10. The van der Waals surface area contributed by atoms with Crippen LogP contribution in [-0.4, -0.2) is 39.4 Å². The molecule has 0 bridgehead atoms. The van der Waals surface area contributed by atoms with Gasteiger partial charge in [0.05, 0.1) is 0 Å². The number of nitrogens with zero attached hydrogens (tertiary/aromatic N) is 1. The molecule has 21 heavy (non-hydrogen) atoms. The first kappa shape index (κ1) is 18.1. The molecule has 0 saturated carbocycles. The Balaban J connectivity index is 2.36. The lowest BCUT2D eigenvalue weighted by Gasteiger charge is -2.17. The third-order valence-corrected chi connectivity index (χ3v) is 4.76. The highest BCUT2D eigenvalue weighted by molar-refractivity contribution is 7.87. The normalized spacial score (nSPS) is 12.0. The van der Waals surface area contributed by atoms with Crippen LogP contribution in [0.4, 0.5) is 0 Å². The first-order valence-corrected chi connectivity index (χ1v) is 8.87. The molecule has 5 nitrogen and oxygen atoms in total. The van der Waals surface area contributed by atoms with E-state index < -0.39 is 10.2 Å². The molecule has 0 spiro atoms. The zero-order valence-corrected chi connectivity index (χ0v) is 14.0. The molecule has 1 aromatic rings. The number of nitrogens with one attached hydrogen (secondary N) is 2. The van der Waals surface area contributed by atoms with Gasteiger partial charge in [-0.05, 0) is 38.4 Å². The van der Waals surface area contributed by atoms with Crippen LogP contribution in [0.3, 0.4) is 0 Å². The molecule has 0 aromatic heterocycles. The molecule has 1 aromatic carbocycles. The number of hydrogen-bond donors (Lipinski definition) is 2. The number of rotatable bonds is 10. The summed E-state index contributed by atoms with van der Waals surface area (Å²) in [5.41, 5.74) is 2.13. The van der Waals surface area contributed by atoms with Crippen LogP contribution in [0.25, 0.3) is 0 Å². The van der Waals surface area contributed by atoms with E-state index in [1.807, 2.05) is 31.2 Å². The molecule has 0 aliphatic heterocycles. The average molecular weight is 313 g/mol. The Bertz CT molecular complexity index is 500. The van der Waals surface area contributed by atoms with E-state index in [2.05, 4.69) is 17.0 Å². The van der Waals surface area contributed by atoms with E-state index in [0.717, 1.165) is 31.5 Å². The van der Waals surface area contributed by atoms with Crippen LogP contribution in [0, 0.1) is 6.92 Å². The molecule has 0 amide bonds. The largest absolute Gasteiger partial charge is 0.317 e. The molecule has 0 heterocycles. The summed E-state index contributed by atoms with van der Waals surface area (Å²) in [7, 11) is -1.80. The summed E-state index contributed by atoms with van der Waals surface area (Å²) in [5.74, 6) is 0. The molecule has 0 unspecified atom stereocenters. The van der Waals surface area contributed by atoms with Crippen molar-refractivity contribution in [2.45, 2.75) is 33.2 Å². The Morgan fingerprint density at radius 3 is 2.43 bits per heavy atom. The van der Waals surface area contributed by atoms with Crippen LogP contribution >= 0.6 is 0 Å². The second-order valence-electron chi connectivity index (χ2n) is 5.24. The van der Waals surface area contributed by atoms with Crippen LogP contribution in [0.2, 0.25) is 0 Å². The third-order valence-electron chi connectivity index (χ3n) is 3.24. The Kier molecular flexibility index (Phi) is 7.88. The van der Waals surface area contributed by atoms with E-state index in [1.165, 1.54) is 9.87 Å². The fourth-order valence-electron chi connectivity index (χ4n) is 1.84. The number of aryl methyl sites for hydroxylation is 1. The smallest absolute Gasteiger partial charge is 0.279 e. The summed E-state index contributed by atoms with van der Waals surface area (Å²) < 4.78 is 28.2. The zero-order valence-electron chi connectivity index (χ0n) is 13.2. The fourth-order valence-corrected chi connectivity index (χ4v) is 2.78. The fraction of sp³-hybridized carbons (Fsp3) is 0.600. The molecule has 120 valence electrons. The Morgan fingerprint density at radius 1 is 1.14 bits per heavy atom. The Hall–Kier alpha value is -0.950. The Morgan fingerprint density at radius 2 is 1.81 bits per heavy atom. The molecule has 0 aliphatic carbocycles. The van der Waals surface area contributed by atoms with Gasteiger partial charge in [0.15, 0.2) is 0 Å². The molecular weight excluding hydrogens is 286 g/mol. The van der Waals surface area contributed by atoms with Gasteiger partial charge in [-0.3, -0.25) is 0 Å². The summed E-state index contributed by atoms with van der Waals surface area (Å²) >= 11 is 0. The highest BCUT2D eigenvalue weighted by atomic mass is 32.2. The lowest BCUT2D eigenvalue weighted by Crippen LogP contribution is -2.39. The highest BCUT2D eigenvalue weighted by Gasteiger charge is 2.16. The summed E-state index contributed by atoms with van der Waals surface area (Å²) in [6, 6.07) is 7.83. The van der Waals surface area contributed by atoms with Gasteiger partial charge >= 0.3 is 0 Å². The number of hydrogen-bond acceptors (Lipinski definition) is 3. The quantitative estimate of drug-likeness (QED) is 0.646. The first-order valence-electron chi connectivity index (χ1n) is 7.43. The molecule has 0 radical (unpaired) electrons. The lowest BCUT2D eigenvalue weighted by atomic mass is 10.2. The highest BCUT2D eigenvalue weighted by Crippen LogP contribution is 2.04. The topological polar surface area (TPSA) is 61.4 Å². The van der Waals surface area contributed by atoms with Gasteiger partial charge in [-0.15, -0.1) is 0 Å². The van der Waals surface area contributed by atoms with E-state index in [4.69, 9.17) is 0 Å². The maximum atomic E-state index is 12.1. The van der Waals surface area contributed by atoms with Crippen LogP contribution in [0.1, 0.15) is 30.9 Å². The number of benzene rings is 1. The van der Waals surface area contributed by atoms with Crippen molar-refractivity contribution < 1.29 is 8.42 Å². The Labute approximate surface area is 128 Å². The van der Waals surface area contributed by atoms with Crippen molar-refractivity contribution in [2.75, 3.05) is 26.7 Å². The summed E-state index contributed by atoms with van der Waals surface area (Å²) in [4.78, 5) is 0. The molecule has 2 N–H and O–H groups in total. The second kappa shape index (κ2) is 9.15. The molecular formula is C15H27N3O2S. The van der Waals surface area contributed by atoms with E-state index in [9.17, 15) is 8.42 Å². The van der Waals surface area contributed by atoms with Gasteiger partial charge in [0, 0.05) is 20.1 Å². The van der Waals surface area contributed by atoms with Crippen LogP contribution in [0.5, 0.6) is 0 Å². The van der Waals surface area contributed by atoms with E-state index in [-0.39, 0.29) is 0 Å². The van der Waals surface area contributed by atoms with Crippen molar-refractivity contribution in [3.63, 3.8) is 0 Å². The standard InChI is InChI=1S/C15H27N3O2S/c1-4-10-16-11-5-12-18(3)21(19,20)17-13-15-8-6-14(2)7-9-15/h6-9,16-17H,4-5,10-13H2,1-3H3. The lowest BCUT2D eigenvalue weighted by molar-refractivity contribution is 0.444. The van der Waals surface area contributed by atoms with Crippen LogP contribution < -0.4 is 10.0 Å². The predicted molar refractivity (Wildman–Crippen MR) is 87.3 cm³/mol. The van der Waals surface area contributed by atoms with Gasteiger partial charge in [-0.2, -0.15) is 17.4 Å². The average Bonchev–Trinajstić information content (AvgIpc) is 2.46. The van der Waals surface area contributed by atoms with Crippen molar-refractivity contribution in [3.05, 3.63) is 35.4 Å². The molecule has 0 atom stereocenters. The van der Waals surface area contributed by atoms with Crippen molar-refractivity contribution in [3.8, 4) is 0 Å².